The van der Waals surface area contributed by atoms with Gasteiger partial charge in [-0.25, -0.2) is 13.7 Å². The Morgan fingerprint density at radius 2 is 1.59 bits per heavy atom. The standard InChI is InChI=1S/C20H19F2N3O2/c21-14-4-6-16(7-5-14)23-8-10-24(11-9-23)18-13-19(26)25(20(18)27)17-3-1-2-15(22)12-17/h1-7,12,18H,8-11,13H2/p+1/t18-/m0/s1. The van der Waals surface area contributed by atoms with Crippen molar-refractivity contribution in [1.82, 2.24) is 0 Å². The van der Waals surface area contributed by atoms with Crippen molar-refractivity contribution in [1.29, 1.82) is 0 Å². The van der Waals surface area contributed by atoms with Gasteiger partial charge in [-0.2, -0.15) is 0 Å². The zero-order valence-electron chi connectivity index (χ0n) is 14.7. The minimum Gasteiger partial charge on any atom is -0.360 e. The van der Waals surface area contributed by atoms with Gasteiger partial charge in [0.2, 0.25) is 5.91 Å². The van der Waals surface area contributed by atoms with Crippen molar-refractivity contribution in [2.45, 2.75) is 12.5 Å². The van der Waals surface area contributed by atoms with Gasteiger partial charge in [0.05, 0.1) is 38.3 Å². The molecule has 2 aromatic rings. The van der Waals surface area contributed by atoms with Gasteiger partial charge in [-0.3, -0.25) is 9.59 Å². The van der Waals surface area contributed by atoms with E-state index >= 15 is 0 Å². The molecule has 2 heterocycles. The lowest BCUT2D eigenvalue weighted by Crippen LogP contribution is -3.19. The van der Waals surface area contributed by atoms with Crippen molar-refractivity contribution in [3.05, 3.63) is 60.2 Å². The van der Waals surface area contributed by atoms with Crippen LogP contribution in [0.1, 0.15) is 6.42 Å². The van der Waals surface area contributed by atoms with E-state index in [0.717, 1.165) is 28.6 Å². The molecule has 1 atom stereocenters. The summed E-state index contributed by atoms with van der Waals surface area (Å²) in [5.41, 5.74) is 1.24. The summed E-state index contributed by atoms with van der Waals surface area (Å²) in [5, 5.41) is 0. The van der Waals surface area contributed by atoms with Crippen LogP contribution in [0.3, 0.4) is 0 Å². The molecule has 4 rings (SSSR count). The van der Waals surface area contributed by atoms with Gasteiger partial charge < -0.3 is 9.80 Å². The van der Waals surface area contributed by atoms with Crippen LogP contribution in [-0.2, 0) is 9.59 Å². The van der Waals surface area contributed by atoms with Gasteiger partial charge in [-0.05, 0) is 42.5 Å². The van der Waals surface area contributed by atoms with E-state index in [1.165, 1.54) is 30.3 Å². The van der Waals surface area contributed by atoms with Crippen LogP contribution in [0, 0.1) is 11.6 Å². The Morgan fingerprint density at radius 1 is 0.889 bits per heavy atom. The van der Waals surface area contributed by atoms with Crippen LogP contribution in [-0.4, -0.2) is 44.0 Å². The molecule has 0 unspecified atom stereocenters. The fourth-order valence-corrected chi connectivity index (χ4v) is 3.89. The lowest BCUT2D eigenvalue weighted by Gasteiger charge is -2.35. The SMILES string of the molecule is O=C1C[C@H]([NH+]2CCN(c3ccc(F)cc3)CC2)C(=O)N1c1cccc(F)c1. The van der Waals surface area contributed by atoms with Gasteiger partial charge >= 0.3 is 0 Å². The molecule has 2 aliphatic heterocycles. The summed E-state index contributed by atoms with van der Waals surface area (Å²) in [4.78, 5) is 29.5. The molecular weight excluding hydrogens is 352 g/mol. The van der Waals surface area contributed by atoms with Crippen molar-refractivity contribution in [2.75, 3.05) is 36.0 Å². The predicted molar refractivity (Wildman–Crippen MR) is 96.6 cm³/mol. The fourth-order valence-electron chi connectivity index (χ4n) is 3.89. The number of amides is 2. The largest absolute Gasteiger partial charge is 0.360 e. The topological polar surface area (TPSA) is 45.1 Å². The van der Waals surface area contributed by atoms with Crippen LogP contribution < -0.4 is 14.7 Å². The number of hydrogen-bond donors (Lipinski definition) is 1. The normalized spacial score (nSPS) is 21.2. The fraction of sp³-hybridized carbons (Fsp3) is 0.300. The number of carbonyl (C=O) groups is 2. The molecule has 0 bridgehead atoms. The van der Waals surface area contributed by atoms with Gasteiger partial charge in [-0.1, -0.05) is 6.07 Å². The van der Waals surface area contributed by atoms with E-state index in [9.17, 15) is 18.4 Å². The van der Waals surface area contributed by atoms with E-state index in [-0.39, 0.29) is 29.7 Å². The maximum Gasteiger partial charge on any atom is 0.292 e. The Kier molecular flexibility index (Phi) is 4.61. The molecule has 0 aromatic heterocycles. The zero-order chi connectivity index (χ0) is 19.0. The highest BCUT2D eigenvalue weighted by Gasteiger charge is 2.46. The van der Waals surface area contributed by atoms with E-state index in [1.54, 1.807) is 18.2 Å². The van der Waals surface area contributed by atoms with Gasteiger partial charge in [0.1, 0.15) is 11.6 Å². The predicted octanol–water partition coefficient (Wildman–Crippen LogP) is 1.00. The third-order valence-electron chi connectivity index (χ3n) is 5.30. The van der Waals surface area contributed by atoms with Crippen molar-refractivity contribution >= 4 is 23.2 Å². The quantitative estimate of drug-likeness (QED) is 0.818. The summed E-state index contributed by atoms with van der Waals surface area (Å²) in [6.45, 7) is 2.86. The molecule has 2 fully saturated rings. The molecular formula is C20H20F2N3O2+. The second kappa shape index (κ2) is 7.08. The number of hydrogen-bond acceptors (Lipinski definition) is 3. The maximum absolute atomic E-state index is 13.5. The van der Waals surface area contributed by atoms with Crippen LogP contribution in [0.5, 0.6) is 0 Å². The third-order valence-corrected chi connectivity index (χ3v) is 5.30. The van der Waals surface area contributed by atoms with Crippen LogP contribution in [0.4, 0.5) is 20.2 Å². The Bertz CT molecular complexity index is 864. The number of halogens is 2. The number of quaternary nitrogens is 1. The zero-order valence-corrected chi connectivity index (χ0v) is 14.7. The Labute approximate surface area is 155 Å². The highest BCUT2D eigenvalue weighted by Crippen LogP contribution is 2.23. The van der Waals surface area contributed by atoms with Crippen LogP contribution >= 0.6 is 0 Å². The van der Waals surface area contributed by atoms with Crippen molar-refractivity contribution in [3.63, 3.8) is 0 Å². The lowest BCUT2D eigenvalue weighted by molar-refractivity contribution is -0.915. The number of anilines is 2. The third kappa shape index (κ3) is 3.42. The van der Waals surface area contributed by atoms with E-state index < -0.39 is 11.9 Å². The molecule has 2 aromatic carbocycles. The Morgan fingerprint density at radius 3 is 2.26 bits per heavy atom. The molecule has 2 saturated heterocycles. The van der Waals surface area contributed by atoms with Crippen LogP contribution in [0.25, 0.3) is 0 Å². The smallest absolute Gasteiger partial charge is 0.292 e. The summed E-state index contributed by atoms with van der Waals surface area (Å²) in [7, 11) is 0. The molecule has 0 radical (unpaired) electrons. The van der Waals surface area contributed by atoms with E-state index in [0.29, 0.717) is 13.1 Å². The van der Waals surface area contributed by atoms with E-state index in [4.69, 9.17) is 0 Å². The van der Waals surface area contributed by atoms with Crippen molar-refractivity contribution in [3.8, 4) is 0 Å². The number of nitrogens with one attached hydrogen (secondary N) is 1. The van der Waals surface area contributed by atoms with Crippen LogP contribution in [0.2, 0.25) is 0 Å². The van der Waals surface area contributed by atoms with E-state index in [2.05, 4.69) is 4.90 Å². The highest BCUT2D eigenvalue weighted by atomic mass is 19.1. The molecule has 2 amide bonds. The molecule has 7 heteroatoms. The van der Waals surface area contributed by atoms with E-state index in [1.807, 2.05) is 0 Å². The number of nitrogens with zero attached hydrogens (tertiary/aromatic N) is 2. The highest BCUT2D eigenvalue weighted by molar-refractivity contribution is 6.21. The first-order chi connectivity index (χ1) is 13.0. The second-order valence-corrected chi connectivity index (χ2v) is 6.93. The Balaban J connectivity index is 1.44. The number of carbonyl (C=O) groups excluding carboxylic acids is 2. The monoisotopic (exact) mass is 372 g/mol. The molecule has 27 heavy (non-hydrogen) atoms. The Hall–Kier alpha value is -2.80. The average Bonchev–Trinajstić information content (AvgIpc) is 2.97. The number of piperazine rings is 1. The summed E-state index contributed by atoms with van der Waals surface area (Å²) in [5.74, 6) is -1.30. The molecule has 140 valence electrons. The summed E-state index contributed by atoms with van der Waals surface area (Å²) in [6, 6.07) is 11.5. The summed E-state index contributed by atoms with van der Waals surface area (Å²) in [6.07, 6.45) is 0.140. The van der Waals surface area contributed by atoms with Gasteiger partial charge in [0.25, 0.3) is 5.91 Å². The lowest BCUT2D eigenvalue weighted by atomic mass is 10.1. The van der Waals surface area contributed by atoms with Gasteiger partial charge in [0.15, 0.2) is 6.04 Å². The molecule has 2 aliphatic rings. The second-order valence-electron chi connectivity index (χ2n) is 6.93. The molecule has 0 spiro atoms. The van der Waals surface area contributed by atoms with Gasteiger partial charge in [-0.15, -0.1) is 0 Å². The van der Waals surface area contributed by atoms with Crippen molar-refractivity contribution in [2.24, 2.45) is 0 Å². The molecule has 0 aliphatic carbocycles. The van der Waals surface area contributed by atoms with Gasteiger partial charge in [0, 0.05) is 5.69 Å². The number of benzene rings is 2. The van der Waals surface area contributed by atoms with Crippen LogP contribution in [0.15, 0.2) is 48.5 Å². The molecule has 1 N–H and O–H groups in total. The molecule has 5 nitrogen and oxygen atoms in total. The molecule has 0 saturated carbocycles. The first kappa shape index (κ1) is 17.6. The first-order valence-corrected chi connectivity index (χ1v) is 9.00. The number of imide groups is 1. The average molecular weight is 372 g/mol. The minimum atomic E-state index is -0.475. The number of rotatable bonds is 3. The summed E-state index contributed by atoms with van der Waals surface area (Å²) < 4.78 is 26.6. The minimum absolute atomic E-state index is 0.140. The maximum atomic E-state index is 13.5. The first-order valence-electron chi connectivity index (χ1n) is 9.00. The summed E-state index contributed by atoms with van der Waals surface area (Å²) >= 11 is 0. The van der Waals surface area contributed by atoms with Crippen molar-refractivity contribution < 1.29 is 23.3 Å².